The Labute approximate surface area is 180 Å². The summed E-state index contributed by atoms with van der Waals surface area (Å²) in [5.74, 6) is -0.182. The molecule has 1 fully saturated rings. The number of aryl methyl sites for hydroxylation is 1. The molecule has 4 atom stereocenters. The van der Waals surface area contributed by atoms with Gasteiger partial charge in [-0.3, -0.25) is 4.79 Å². The monoisotopic (exact) mass is 416 g/mol. The number of carbonyl (C=O) groups is 1. The van der Waals surface area contributed by atoms with Gasteiger partial charge in [-0.1, -0.05) is 54.6 Å². The molecule has 0 radical (unpaired) electrons. The summed E-state index contributed by atoms with van der Waals surface area (Å²) in [5.41, 5.74) is 1.21. The molecule has 0 spiro atoms. The molecule has 1 aliphatic rings. The van der Waals surface area contributed by atoms with Gasteiger partial charge >= 0.3 is 5.97 Å². The molecule has 0 unspecified atom stereocenters. The summed E-state index contributed by atoms with van der Waals surface area (Å²) in [4.78, 5) is 11.5. The van der Waals surface area contributed by atoms with E-state index in [1.54, 1.807) is 6.08 Å². The molecule has 1 aliphatic heterocycles. The van der Waals surface area contributed by atoms with Gasteiger partial charge in [-0.2, -0.15) is 0 Å². The Morgan fingerprint density at radius 2 is 2.03 bits per heavy atom. The summed E-state index contributed by atoms with van der Waals surface area (Å²) in [6, 6.07) is 10.1. The van der Waals surface area contributed by atoms with E-state index in [-0.39, 0.29) is 24.1 Å². The largest absolute Gasteiger partial charge is 0.463 e. The van der Waals surface area contributed by atoms with Crippen molar-refractivity contribution >= 4 is 5.97 Å². The van der Waals surface area contributed by atoms with Crippen LogP contribution in [0.1, 0.15) is 51.5 Å². The molecular weight excluding hydrogens is 380 g/mol. The lowest BCUT2D eigenvalue weighted by Gasteiger charge is -2.16. The van der Waals surface area contributed by atoms with Crippen LogP contribution in [0.5, 0.6) is 0 Å². The first-order chi connectivity index (χ1) is 14.5. The van der Waals surface area contributed by atoms with E-state index in [0.29, 0.717) is 25.9 Å². The van der Waals surface area contributed by atoms with Gasteiger partial charge in [-0.25, -0.2) is 0 Å². The highest BCUT2D eigenvalue weighted by Crippen LogP contribution is 2.26. The molecule has 30 heavy (non-hydrogen) atoms. The van der Waals surface area contributed by atoms with Crippen LogP contribution in [0.25, 0.3) is 0 Å². The molecule has 5 heteroatoms. The van der Waals surface area contributed by atoms with Gasteiger partial charge in [0.25, 0.3) is 0 Å². The molecule has 2 N–H and O–H groups in total. The summed E-state index contributed by atoms with van der Waals surface area (Å²) < 4.78 is 10.8. The van der Waals surface area contributed by atoms with Gasteiger partial charge in [-0.05, 0) is 51.5 Å². The molecule has 1 aromatic carbocycles. The molecule has 166 valence electrons. The van der Waals surface area contributed by atoms with Crippen LogP contribution in [-0.2, 0) is 20.7 Å². The van der Waals surface area contributed by atoms with Gasteiger partial charge in [0.2, 0.25) is 0 Å². The van der Waals surface area contributed by atoms with E-state index in [1.165, 1.54) is 5.56 Å². The quantitative estimate of drug-likeness (QED) is 0.306. The van der Waals surface area contributed by atoms with Gasteiger partial charge in [0.05, 0.1) is 31.0 Å². The number of rotatable bonds is 12. The molecule has 5 nitrogen and oxygen atoms in total. The molecular formula is C25H36O5. The Bertz CT molecular complexity index is 667. The van der Waals surface area contributed by atoms with Crippen molar-refractivity contribution in [2.45, 2.75) is 76.8 Å². The Kier molecular flexibility index (Phi) is 10.8. The fourth-order valence-electron chi connectivity index (χ4n) is 3.52. The molecule has 1 heterocycles. The van der Waals surface area contributed by atoms with Crippen molar-refractivity contribution in [3.05, 3.63) is 60.2 Å². The number of unbranched alkanes of at least 4 members (excludes halogenated alkanes) is 1. The average Bonchev–Trinajstić information content (AvgIpc) is 3.07. The number of allylic oxidation sites excluding steroid dienone is 2. The minimum absolute atomic E-state index is 0.0234. The Hall–Kier alpha value is -1.95. The lowest BCUT2D eigenvalue weighted by atomic mass is 9.94. The van der Waals surface area contributed by atoms with Crippen molar-refractivity contribution in [3.8, 4) is 0 Å². The SMILES string of the molecule is CC(C)OC(=O)CCC/C=C\C[C@H]1[C@@H](O)CO[C@@H]1/C=C/[C@H](O)CCc1ccccc1. The summed E-state index contributed by atoms with van der Waals surface area (Å²) in [5, 5.41) is 20.5. The summed E-state index contributed by atoms with van der Waals surface area (Å²) in [7, 11) is 0. The van der Waals surface area contributed by atoms with Gasteiger partial charge in [0.1, 0.15) is 0 Å². The van der Waals surface area contributed by atoms with Crippen LogP contribution >= 0.6 is 0 Å². The number of aliphatic hydroxyl groups excluding tert-OH is 2. The Balaban J connectivity index is 1.70. The second kappa shape index (κ2) is 13.4. The summed E-state index contributed by atoms with van der Waals surface area (Å²) >= 11 is 0. The fraction of sp³-hybridized carbons (Fsp3) is 0.560. The Morgan fingerprint density at radius 1 is 1.27 bits per heavy atom. The lowest BCUT2D eigenvalue weighted by Crippen LogP contribution is -2.22. The highest BCUT2D eigenvalue weighted by molar-refractivity contribution is 5.69. The van der Waals surface area contributed by atoms with Crippen molar-refractivity contribution in [3.63, 3.8) is 0 Å². The number of aliphatic hydroxyl groups is 2. The number of ether oxygens (including phenoxy) is 2. The smallest absolute Gasteiger partial charge is 0.306 e. The normalized spacial score (nSPS) is 22.9. The maximum atomic E-state index is 11.5. The highest BCUT2D eigenvalue weighted by Gasteiger charge is 2.33. The standard InChI is InChI=1S/C25H36O5/c1-19(2)30-25(28)13-9-4-3-8-12-22-23(27)18-29-24(22)17-16-21(26)15-14-20-10-6-5-7-11-20/h3,5-8,10-11,16-17,19,21-24,26-27H,4,9,12-15,18H2,1-2H3/b8-3-,17-16+/t21-,22+,23+,24-/m1/s1. The third kappa shape index (κ3) is 9.24. The third-order valence-corrected chi connectivity index (χ3v) is 5.16. The summed E-state index contributed by atoms with van der Waals surface area (Å²) in [6.45, 7) is 4.01. The van der Waals surface area contributed by atoms with E-state index in [4.69, 9.17) is 9.47 Å². The van der Waals surface area contributed by atoms with Crippen molar-refractivity contribution in [2.75, 3.05) is 6.61 Å². The zero-order valence-electron chi connectivity index (χ0n) is 18.2. The van der Waals surface area contributed by atoms with Crippen LogP contribution in [0.2, 0.25) is 0 Å². The van der Waals surface area contributed by atoms with Crippen LogP contribution < -0.4 is 0 Å². The maximum absolute atomic E-state index is 11.5. The molecule has 0 bridgehead atoms. The predicted octanol–water partition coefficient (Wildman–Crippen LogP) is 3.98. The minimum atomic E-state index is -0.534. The van der Waals surface area contributed by atoms with Gasteiger partial charge in [0, 0.05) is 12.3 Å². The second-order valence-corrected chi connectivity index (χ2v) is 8.14. The number of carbonyl (C=O) groups excluding carboxylic acids is 1. The van der Waals surface area contributed by atoms with E-state index < -0.39 is 12.2 Å². The molecule has 0 aliphatic carbocycles. The van der Waals surface area contributed by atoms with Crippen LogP contribution in [-0.4, -0.2) is 47.2 Å². The molecule has 0 saturated carbocycles. The lowest BCUT2D eigenvalue weighted by molar-refractivity contribution is -0.147. The van der Waals surface area contributed by atoms with Gasteiger partial charge < -0.3 is 19.7 Å². The first-order valence-electron chi connectivity index (χ1n) is 11.0. The van der Waals surface area contributed by atoms with E-state index >= 15 is 0 Å². The predicted molar refractivity (Wildman–Crippen MR) is 118 cm³/mol. The average molecular weight is 417 g/mol. The second-order valence-electron chi connectivity index (χ2n) is 8.14. The van der Waals surface area contributed by atoms with Gasteiger partial charge in [0.15, 0.2) is 0 Å². The van der Waals surface area contributed by atoms with E-state index in [0.717, 1.165) is 19.3 Å². The first kappa shape index (κ1) is 24.3. The number of benzene rings is 1. The zero-order valence-corrected chi connectivity index (χ0v) is 18.2. The number of esters is 1. The first-order valence-corrected chi connectivity index (χ1v) is 11.0. The molecule has 0 amide bonds. The van der Waals surface area contributed by atoms with E-state index in [9.17, 15) is 15.0 Å². The molecule has 1 aromatic rings. The molecule has 1 saturated heterocycles. The van der Waals surface area contributed by atoms with Crippen molar-refractivity contribution in [1.82, 2.24) is 0 Å². The number of hydrogen-bond donors (Lipinski definition) is 2. The minimum Gasteiger partial charge on any atom is -0.463 e. The van der Waals surface area contributed by atoms with Crippen molar-refractivity contribution in [2.24, 2.45) is 5.92 Å². The fourth-order valence-corrected chi connectivity index (χ4v) is 3.52. The van der Waals surface area contributed by atoms with Crippen molar-refractivity contribution < 1.29 is 24.5 Å². The maximum Gasteiger partial charge on any atom is 0.306 e. The van der Waals surface area contributed by atoms with E-state index in [2.05, 4.69) is 12.1 Å². The van der Waals surface area contributed by atoms with E-state index in [1.807, 2.05) is 50.3 Å². The molecule has 2 rings (SSSR count). The van der Waals surface area contributed by atoms with Crippen LogP contribution in [0.3, 0.4) is 0 Å². The van der Waals surface area contributed by atoms with Crippen molar-refractivity contribution in [1.29, 1.82) is 0 Å². The van der Waals surface area contributed by atoms with Gasteiger partial charge in [-0.15, -0.1) is 0 Å². The zero-order chi connectivity index (χ0) is 21.8. The summed E-state index contributed by atoms with van der Waals surface area (Å²) in [6.07, 6.45) is 10.6. The Morgan fingerprint density at radius 3 is 2.77 bits per heavy atom. The third-order valence-electron chi connectivity index (χ3n) is 5.16. The topological polar surface area (TPSA) is 76.0 Å². The van der Waals surface area contributed by atoms with Crippen LogP contribution in [0, 0.1) is 5.92 Å². The number of hydrogen-bond acceptors (Lipinski definition) is 5. The van der Waals surface area contributed by atoms with Crippen LogP contribution in [0.4, 0.5) is 0 Å². The molecule has 0 aromatic heterocycles. The van der Waals surface area contributed by atoms with Crippen LogP contribution in [0.15, 0.2) is 54.6 Å². The highest BCUT2D eigenvalue weighted by atomic mass is 16.5.